The van der Waals surface area contributed by atoms with Crippen LogP contribution in [0.1, 0.15) is 5.56 Å². The molecule has 1 atom stereocenters. The summed E-state index contributed by atoms with van der Waals surface area (Å²) in [5, 5.41) is 0.664. The van der Waals surface area contributed by atoms with E-state index in [-0.39, 0.29) is 11.9 Å². The summed E-state index contributed by atoms with van der Waals surface area (Å²) in [4.78, 5) is 0. The number of sulfonamides is 1. The lowest BCUT2D eigenvalue weighted by molar-refractivity contribution is 0.0137. The minimum atomic E-state index is -3.19. The normalized spacial score (nSPS) is 21.4. The molecule has 1 aliphatic rings. The molecule has 2 rings (SSSR count). The Morgan fingerprint density at radius 3 is 2.74 bits per heavy atom. The molecule has 106 valence electrons. The first-order chi connectivity index (χ1) is 9.12. The standard InChI is InChI=1S/C13H18BrNO3S/c14-10-13-11-15(7-8-18-13)19(16,17)9-6-12-4-2-1-3-5-12/h1-5,13H,6-11H2. The molecule has 1 aliphatic heterocycles. The number of rotatable bonds is 5. The van der Waals surface area contributed by atoms with Crippen LogP contribution in [0.4, 0.5) is 0 Å². The summed E-state index contributed by atoms with van der Waals surface area (Å²) in [5.74, 6) is 0.159. The Kier molecular flexibility index (Phi) is 5.38. The van der Waals surface area contributed by atoms with Gasteiger partial charge in [0.1, 0.15) is 0 Å². The molecule has 0 aliphatic carbocycles. The highest BCUT2D eigenvalue weighted by atomic mass is 79.9. The average Bonchev–Trinajstić information content (AvgIpc) is 2.46. The van der Waals surface area contributed by atoms with Crippen LogP contribution in [-0.4, -0.2) is 49.6 Å². The zero-order valence-electron chi connectivity index (χ0n) is 10.7. The minimum Gasteiger partial charge on any atom is -0.375 e. The number of hydrogen-bond acceptors (Lipinski definition) is 3. The Bertz CT molecular complexity index is 492. The molecule has 0 radical (unpaired) electrons. The lowest BCUT2D eigenvalue weighted by Crippen LogP contribution is -2.47. The van der Waals surface area contributed by atoms with E-state index in [9.17, 15) is 8.42 Å². The second kappa shape index (κ2) is 6.83. The second-order valence-electron chi connectivity index (χ2n) is 4.56. The van der Waals surface area contributed by atoms with Crippen molar-refractivity contribution in [3.05, 3.63) is 35.9 Å². The van der Waals surface area contributed by atoms with Gasteiger partial charge in [-0.2, -0.15) is 4.31 Å². The average molecular weight is 348 g/mol. The molecule has 1 saturated heterocycles. The maximum atomic E-state index is 12.3. The van der Waals surface area contributed by atoms with Crippen molar-refractivity contribution in [1.82, 2.24) is 4.31 Å². The van der Waals surface area contributed by atoms with Gasteiger partial charge in [0.05, 0.1) is 18.5 Å². The third kappa shape index (κ3) is 4.27. The highest BCUT2D eigenvalue weighted by Gasteiger charge is 2.28. The van der Waals surface area contributed by atoms with Crippen LogP contribution in [0, 0.1) is 0 Å². The Morgan fingerprint density at radius 2 is 2.05 bits per heavy atom. The predicted molar refractivity (Wildman–Crippen MR) is 79.0 cm³/mol. The molecule has 4 nitrogen and oxygen atoms in total. The summed E-state index contributed by atoms with van der Waals surface area (Å²) >= 11 is 3.33. The van der Waals surface area contributed by atoms with Crippen molar-refractivity contribution in [3.63, 3.8) is 0 Å². The Hall–Kier alpha value is -0.430. The number of ether oxygens (including phenoxy) is 1. The largest absolute Gasteiger partial charge is 0.375 e. The van der Waals surface area contributed by atoms with Crippen molar-refractivity contribution >= 4 is 26.0 Å². The second-order valence-corrected chi connectivity index (χ2v) is 7.29. The molecule has 6 heteroatoms. The van der Waals surface area contributed by atoms with E-state index in [0.717, 1.165) is 5.56 Å². The molecule has 0 N–H and O–H groups in total. The maximum Gasteiger partial charge on any atom is 0.214 e. The smallest absolute Gasteiger partial charge is 0.214 e. The van der Waals surface area contributed by atoms with E-state index < -0.39 is 10.0 Å². The number of halogens is 1. The molecule has 1 heterocycles. The van der Waals surface area contributed by atoms with Crippen LogP contribution in [-0.2, 0) is 21.2 Å². The van der Waals surface area contributed by atoms with Crippen molar-refractivity contribution in [2.45, 2.75) is 12.5 Å². The van der Waals surface area contributed by atoms with Gasteiger partial charge in [0.25, 0.3) is 0 Å². The fraction of sp³-hybridized carbons (Fsp3) is 0.538. The SMILES string of the molecule is O=S(=O)(CCc1ccccc1)N1CCOC(CBr)C1. The zero-order valence-corrected chi connectivity index (χ0v) is 13.1. The number of benzene rings is 1. The van der Waals surface area contributed by atoms with Crippen LogP contribution >= 0.6 is 15.9 Å². The Balaban J connectivity index is 1.94. The lowest BCUT2D eigenvalue weighted by atomic mass is 10.2. The lowest BCUT2D eigenvalue weighted by Gasteiger charge is -2.31. The Labute approximate surface area is 122 Å². The molecule has 0 aromatic heterocycles. The fourth-order valence-corrected chi connectivity index (χ4v) is 3.95. The van der Waals surface area contributed by atoms with Crippen LogP contribution < -0.4 is 0 Å². The summed E-state index contributed by atoms with van der Waals surface area (Å²) in [6.45, 7) is 1.38. The van der Waals surface area contributed by atoms with Crippen molar-refractivity contribution in [2.24, 2.45) is 0 Å². The number of aryl methyl sites for hydroxylation is 1. The summed E-state index contributed by atoms with van der Waals surface area (Å²) in [7, 11) is -3.19. The Morgan fingerprint density at radius 1 is 1.32 bits per heavy atom. The monoisotopic (exact) mass is 347 g/mol. The van der Waals surface area contributed by atoms with Gasteiger partial charge in [0.15, 0.2) is 0 Å². The molecular formula is C13H18BrNO3S. The molecule has 1 aromatic rings. The summed E-state index contributed by atoms with van der Waals surface area (Å²) in [5.41, 5.74) is 1.05. The van der Waals surface area contributed by atoms with E-state index >= 15 is 0 Å². The number of morpholine rings is 1. The van der Waals surface area contributed by atoms with Crippen LogP contribution in [0.2, 0.25) is 0 Å². The van der Waals surface area contributed by atoms with Crippen molar-refractivity contribution in [2.75, 3.05) is 30.8 Å². The molecule has 1 unspecified atom stereocenters. The minimum absolute atomic E-state index is 0.0414. The quantitative estimate of drug-likeness (QED) is 0.761. The third-order valence-corrected chi connectivity index (χ3v) is 5.72. The first-order valence-corrected chi connectivity index (χ1v) is 9.04. The summed E-state index contributed by atoms with van der Waals surface area (Å²) in [6.07, 6.45) is 0.514. The van der Waals surface area contributed by atoms with Crippen molar-refractivity contribution in [3.8, 4) is 0 Å². The van der Waals surface area contributed by atoms with Gasteiger partial charge in [-0.15, -0.1) is 0 Å². The topological polar surface area (TPSA) is 46.6 Å². The number of nitrogens with zero attached hydrogens (tertiary/aromatic N) is 1. The van der Waals surface area contributed by atoms with Crippen LogP contribution in [0.15, 0.2) is 30.3 Å². The van der Waals surface area contributed by atoms with E-state index in [1.165, 1.54) is 0 Å². The highest BCUT2D eigenvalue weighted by Crippen LogP contribution is 2.13. The molecule has 19 heavy (non-hydrogen) atoms. The van der Waals surface area contributed by atoms with E-state index in [1.807, 2.05) is 30.3 Å². The molecule has 1 fully saturated rings. The third-order valence-electron chi connectivity index (χ3n) is 3.16. The fourth-order valence-electron chi connectivity index (χ4n) is 2.06. The number of alkyl halides is 1. The van der Waals surface area contributed by atoms with Gasteiger partial charge >= 0.3 is 0 Å². The predicted octanol–water partition coefficient (Wildman–Crippen LogP) is 1.65. The van der Waals surface area contributed by atoms with Gasteiger partial charge in [-0.25, -0.2) is 8.42 Å². The summed E-state index contributed by atoms with van der Waals surface area (Å²) < 4.78 is 31.6. The first kappa shape index (κ1) is 15.0. The van der Waals surface area contributed by atoms with Crippen LogP contribution in [0.25, 0.3) is 0 Å². The molecule has 0 amide bonds. The molecule has 1 aromatic carbocycles. The van der Waals surface area contributed by atoms with E-state index in [4.69, 9.17) is 4.74 Å². The van der Waals surface area contributed by atoms with Gasteiger partial charge in [0, 0.05) is 18.4 Å². The van der Waals surface area contributed by atoms with Gasteiger partial charge in [-0.1, -0.05) is 46.3 Å². The van der Waals surface area contributed by atoms with E-state index in [2.05, 4.69) is 15.9 Å². The molecule has 0 bridgehead atoms. The zero-order chi connectivity index (χ0) is 13.7. The molecular weight excluding hydrogens is 330 g/mol. The summed E-state index contributed by atoms with van der Waals surface area (Å²) in [6, 6.07) is 9.70. The van der Waals surface area contributed by atoms with E-state index in [1.54, 1.807) is 4.31 Å². The van der Waals surface area contributed by atoms with Crippen molar-refractivity contribution < 1.29 is 13.2 Å². The molecule has 0 spiro atoms. The van der Waals surface area contributed by atoms with Gasteiger partial charge in [0.2, 0.25) is 10.0 Å². The number of hydrogen-bond donors (Lipinski definition) is 0. The van der Waals surface area contributed by atoms with E-state index in [0.29, 0.717) is 31.4 Å². The first-order valence-electron chi connectivity index (χ1n) is 6.31. The van der Waals surface area contributed by atoms with Crippen LogP contribution in [0.5, 0.6) is 0 Å². The van der Waals surface area contributed by atoms with Crippen LogP contribution in [0.3, 0.4) is 0 Å². The van der Waals surface area contributed by atoms with Gasteiger partial charge in [-0.3, -0.25) is 0 Å². The van der Waals surface area contributed by atoms with Crippen molar-refractivity contribution in [1.29, 1.82) is 0 Å². The highest BCUT2D eigenvalue weighted by molar-refractivity contribution is 9.09. The van der Waals surface area contributed by atoms with Gasteiger partial charge in [-0.05, 0) is 12.0 Å². The van der Waals surface area contributed by atoms with Gasteiger partial charge < -0.3 is 4.74 Å². The maximum absolute atomic E-state index is 12.3. The molecule has 0 saturated carbocycles.